The molecule has 20 heavy (non-hydrogen) atoms. The molecule has 0 aromatic rings. The summed E-state index contributed by atoms with van der Waals surface area (Å²) >= 11 is 0. The average molecular weight is 283 g/mol. The summed E-state index contributed by atoms with van der Waals surface area (Å²) in [4.78, 5) is 26.1. The highest BCUT2D eigenvalue weighted by Gasteiger charge is 2.35. The maximum atomic E-state index is 12.3. The highest BCUT2D eigenvalue weighted by atomic mass is 16.5. The van der Waals surface area contributed by atoms with Gasteiger partial charge in [0.15, 0.2) is 0 Å². The van der Waals surface area contributed by atoms with Crippen LogP contribution in [0.5, 0.6) is 0 Å². The molecule has 0 aromatic heterocycles. The largest absolute Gasteiger partial charge is 0.377 e. The Labute approximate surface area is 120 Å². The second-order valence-electron chi connectivity index (χ2n) is 6.07. The molecular weight excluding hydrogens is 258 g/mol. The van der Waals surface area contributed by atoms with Crippen LogP contribution in [0.25, 0.3) is 0 Å². The lowest BCUT2D eigenvalue weighted by Crippen LogP contribution is -2.57. The summed E-state index contributed by atoms with van der Waals surface area (Å²) < 4.78 is 5.35. The molecule has 1 saturated carbocycles. The monoisotopic (exact) mass is 283 g/mol. The number of rotatable bonds is 5. The van der Waals surface area contributed by atoms with E-state index in [4.69, 9.17) is 10.5 Å². The number of nitrogens with one attached hydrogen (secondary N) is 1. The minimum atomic E-state index is -0.504. The minimum Gasteiger partial charge on any atom is -0.377 e. The molecular formula is C14H25N3O3. The molecule has 2 fully saturated rings. The summed E-state index contributed by atoms with van der Waals surface area (Å²) in [5.41, 5.74) is 5.96. The summed E-state index contributed by atoms with van der Waals surface area (Å²) in [7, 11) is 0. The van der Waals surface area contributed by atoms with Crippen molar-refractivity contribution in [3.05, 3.63) is 0 Å². The molecule has 2 amide bonds. The summed E-state index contributed by atoms with van der Waals surface area (Å²) in [6.45, 7) is 5.21. The van der Waals surface area contributed by atoms with Crippen LogP contribution >= 0.6 is 0 Å². The topological polar surface area (TPSA) is 84.7 Å². The summed E-state index contributed by atoms with van der Waals surface area (Å²) in [6, 6.07) is -0.381. The van der Waals surface area contributed by atoms with Gasteiger partial charge in [-0.2, -0.15) is 0 Å². The maximum absolute atomic E-state index is 12.3. The summed E-state index contributed by atoms with van der Waals surface area (Å²) in [5.74, 6) is 0.0999. The van der Waals surface area contributed by atoms with Crippen LogP contribution in [0.2, 0.25) is 0 Å². The number of hydrogen-bond donors (Lipinski definition) is 2. The van der Waals surface area contributed by atoms with Gasteiger partial charge in [-0.25, -0.2) is 0 Å². The van der Waals surface area contributed by atoms with E-state index in [1.807, 2.05) is 13.8 Å². The quantitative estimate of drug-likeness (QED) is 0.736. The van der Waals surface area contributed by atoms with Gasteiger partial charge in [0.1, 0.15) is 6.04 Å². The summed E-state index contributed by atoms with van der Waals surface area (Å²) in [6.07, 6.45) is 2.35. The molecule has 6 nitrogen and oxygen atoms in total. The number of hydrogen-bond acceptors (Lipinski definition) is 4. The lowest BCUT2D eigenvalue weighted by atomic mass is 10.0. The molecule has 1 saturated heterocycles. The SMILES string of the molecule is CC(C)C(N)CC(=O)N1CCOCC1C(=O)NC1CC1. The second-order valence-corrected chi connectivity index (χ2v) is 6.07. The highest BCUT2D eigenvalue weighted by Crippen LogP contribution is 2.20. The van der Waals surface area contributed by atoms with Crippen LogP contribution in [0, 0.1) is 5.92 Å². The first-order valence-electron chi connectivity index (χ1n) is 7.42. The molecule has 0 aromatic carbocycles. The molecule has 2 aliphatic rings. The Bertz CT molecular complexity index is 369. The number of carbonyl (C=O) groups is 2. The Morgan fingerprint density at radius 3 is 2.70 bits per heavy atom. The third-order valence-electron chi connectivity index (χ3n) is 3.94. The molecule has 3 N–H and O–H groups in total. The predicted molar refractivity (Wildman–Crippen MR) is 74.9 cm³/mol. The van der Waals surface area contributed by atoms with Crippen LogP contribution in [0.15, 0.2) is 0 Å². The van der Waals surface area contributed by atoms with Gasteiger partial charge in [-0.15, -0.1) is 0 Å². The van der Waals surface area contributed by atoms with Gasteiger partial charge in [0.25, 0.3) is 0 Å². The smallest absolute Gasteiger partial charge is 0.245 e. The Kier molecular flexibility index (Phi) is 4.99. The van der Waals surface area contributed by atoms with Crippen molar-refractivity contribution in [2.75, 3.05) is 19.8 Å². The lowest BCUT2D eigenvalue weighted by Gasteiger charge is -2.35. The Morgan fingerprint density at radius 1 is 1.40 bits per heavy atom. The molecule has 1 aliphatic carbocycles. The molecule has 114 valence electrons. The number of amides is 2. The third kappa shape index (κ3) is 3.93. The maximum Gasteiger partial charge on any atom is 0.245 e. The van der Waals surface area contributed by atoms with E-state index in [1.54, 1.807) is 4.90 Å². The standard InChI is InChI=1S/C14H25N3O3/c1-9(2)11(15)7-13(18)17-5-6-20-8-12(17)14(19)16-10-3-4-10/h9-12H,3-8,15H2,1-2H3,(H,16,19). The first-order chi connectivity index (χ1) is 9.49. The number of ether oxygens (including phenoxy) is 1. The van der Waals surface area contributed by atoms with Crippen LogP contribution in [0.3, 0.4) is 0 Å². The Morgan fingerprint density at radius 2 is 2.10 bits per heavy atom. The van der Waals surface area contributed by atoms with E-state index in [-0.39, 0.29) is 36.8 Å². The van der Waals surface area contributed by atoms with Gasteiger partial charge < -0.3 is 20.7 Å². The second kappa shape index (κ2) is 6.54. The third-order valence-corrected chi connectivity index (χ3v) is 3.94. The Hall–Kier alpha value is -1.14. The summed E-state index contributed by atoms with van der Waals surface area (Å²) in [5, 5.41) is 2.94. The van der Waals surface area contributed by atoms with Crippen molar-refractivity contribution in [3.63, 3.8) is 0 Å². The molecule has 0 spiro atoms. The number of morpholine rings is 1. The molecule has 6 heteroatoms. The fraction of sp³-hybridized carbons (Fsp3) is 0.857. The van der Waals surface area contributed by atoms with Crippen LogP contribution < -0.4 is 11.1 Å². The number of carbonyl (C=O) groups excluding carboxylic acids is 2. The van der Waals surface area contributed by atoms with Crippen molar-refractivity contribution in [3.8, 4) is 0 Å². The van der Waals surface area contributed by atoms with Crippen molar-refractivity contribution in [2.24, 2.45) is 11.7 Å². The number of nitrogens with zero attached hydrogens (tertiary/aromatic N) is 1. The zero-order valence-electron chi connectivity index (χ0n) is 12.3. The van der Waals surface area contributed by atoms with Crippen LogP contribution in [-0.2, 0) is 14.3 Å². The van der Waals surface area contributed by atoms with Gasteiger partial charge >= 0.3 is 0 Å². The van der Waals surface area contributed by atoms with E-state index in [1.165, 1.54) is 0 Å². The van der Waals surface area contributed by atoms with Crippen molar-refractivity contribution in [2.45, 2.75) is 51.2 Å². The zero-order chi connectivity index (χ0) is 14.7. The fourth-order valence-electron chi connectivity index (χ4n) is 2.20. The van der Waals surface area contributed by atoms with Gasteiger partial charge in [0, 0.05) is 25.0 Å². The van der Waals surface area contributed by atoms with Gasteiger partial charge in [-0.3, -0.25) is 9.59 Å². The molecule has 0 radical (unpaired) electrons. The Balaban J connectivity index is 1.94. The van der Waals surface area contributed by atoms with Crippen LogP contribution in [0.4, 0.5) is 0 Å². The minimum absolute atomic E-state index is 0.0505. The van der Waals surface area contributed by atoms with E-state index in [9.17, 15) is 9.59 Å². The van der Waals surface area contributed by atoms with Crippen molar-refractivity contribution in [1.29, 1.82) is 0 Å². The van der Waals surface area contributed by atoms with Gasteiger partial charge in [-0.1, -0.05) is 13.8 Å². The lowest BCUT2D eigenvalue weighted by molar-refractivity contribution is -0.149. The van der Waals surface area contributed by atoms with Crippen molar-refractivity contribution < 1.29 is 14.3 Å². The molecule has 0 bridgehead atoms. The first-order valence-corrected chi connectivity index (χ1v) is 7.42. The van der Waals surface area contributed by atoms with Crippen molar-refractivity contribution >= 4 is 11.8 Å². The van der Waals surface area contributed by atoms with Crippen LogP contribution in [-0.4, -0.2) is 54.6 Å². The zero-order valence-corrected chi connectivity index (χ0v) is 12.3. The highest BCUT2D eigenvalue weighted by molar-refractivity contribution is 5.88. The van der Waals surface area contributed by atoms with Gasteiger partial charge in [0.2, 0.25) is 11.8 Å². The molecule has 2 rings (SSSR count). The molecule has 1 aliphatic heterocycles. The van der Waals surface area contributed by atoms with E-state index < -0.39 is 6.04 Å². The van der Waals surface area contributed by atoms with Crippen LogP contribution in [0.1, 0.15) is 33.1 Å². The normalized spacial score (nSPS) is 24.6. The average Bonchev–Trinajstić information content (AvgIpc) is 3.22. The van der Waals surface area contributed by atoms with E-state index in [2.05, 4.69) is 5.32 Å². The molecule has 2 atom stereocenters. The first kappa shape index (κ1) is 15.3. The van der Waals surface area contributed by atoms with E-state index in [0.717, 1.165) is 12.8 Å². The fourth-order valence-corrected chi connectivity index (χ4v) is 2.20. The van der Waals surface area contributed by atoms with E-state index in [0.29, 0.717) is 19.2 Å². The van der Waals surface area contributed by atoms with Gasteiger partial charge in [0.05, 0.1) is 13.2 Å². The molecule has 2 unspecified atom stereocenters. The molecule has 1 heterocycles. The van der Waals surface area contributed by atoms with E-state index >= 15 is 0 Å². The predicted octanol–water partition coefficient (Wildman–Crippen LogP) is -0.134. The van der Waals surface area contributed by atoms with Crippen molar-refractivity contribution in [1.82, 2.24) is 10.2 Å². The van der Waals surface area contributed by atoms with Gasteiger partial charge in [-0.05, 0) is 18.8 Å². The number of nitrogens with two attached hydrogens (primary N) is 1.